The van der Waals surface area contributed by atoms with Gasteiger partial charge >= 0.3 is 0 Å². The number of hydrogen-bond donors (Lipinski definition) is 1. The number of hydrogen-bond acceptors (Lipinski definition) is 1. The molecule has 24 heavy (non-hydrogen) atoms. The second-order valence-electron chi connectivity index (χ2n) is 6.72. The van der Waals surface area contributed by atoms with Crippen LogP contribution in [0, 0.1) is 12.8 Å². The van der Waals surface area contributed by atoms with Gasteiger partial charge in [-0.05, 0) is 48.8 Å². The van der Waals surface area contributed by atoms with Crippen molar-refractivity contribution in [2.75, 3.05) is 0 Å². The van der Waals surface area contributed by atoms with E-state index in [1.54, 1.807) is 0 Å². The number of fused-ring (bicyclic) bond motifs is 1. The number of carbonyl (C=O) groups excluding carboxylic acids is 1. The summed E-state index contributed by atoms with van der Waals surface area (Å²) >= 11 is 0. The Kier molecular flexibility index (Phi) is 3.85. The highest BCUT2D eigenvalue weighted by atomic mass is 16.2. The molecular formula is C21H22N2O. The molecular weight excluding hydrogens is 296 g/mol. The van der Waals surface area contributed by atoms with Crippen molar-refractivity contribution in [2.45, 2.75) is 32.4 Å². The van der Waals surface area contributed by atoms with Crippen LogP contribution in [0.1, 0.15) is 30.1 Å². The smallest absolute Gasteiger partial charge is 0.240 e. The molecule has 3 aromatic rings. The lowest BCUT2D eigenvalue weighted by Gasteiger charge is -2.19. The summed E-state index contributed by atoms with van der Waals surface area (Å²) in [7, 11) is 0. The first-order valence-electron chi connectivity index (χ1n) is 8.61. The van der Waals surface area contributed by atoms with Gasteiger partial charge in [0.05, 0.1) is 6.04 Å². The number of rotatable bonds is 5. The van der Waals surface area contributed by atoms with Gasteiger partial charge in [-0.2, -0.15) is 0 Å². The first-order valence-corrected chi connectivity index (χ1v) is 8.61. The second-order valence-corrected chi connectivity index (χ2v) is 6.72. The van der Waals surface area contributed by atoms with Crippen molar-refractivity contribution in [1.82, 2.24) is 9.88 Å². The maximum absolute atomic E-state index is 12.7. The molecule has 1 heterocycles. The van der Waals surface area contributed by atoms with Crippen molar-refractivity contribution in [3.63, 3.8) is 0 Å². The number of aromatic nitrogens is 1. The van der Waals surface area contributed by atoms with E-state index in [0.717, 1.165) is 11.2 Å². The first kappa shape index (κ1) is 15.0. The van der Waals surface area contributed by atoms with Crippen LogP contribution in [0.4, 0.5) is 0 Å². The maximum Gasteiger partial charge on any atom is 0.240 e. The van der Waals surface area contributed by atoms with E-state index in [9.17, 15) is 4.79 Å². The van der Waals surface area contributed by atoms with Crippen LogP contribution >= 0.6 is 0 Å². The van der Waals surface area contributed by atoms with Gasteiger partial charge in [-0.1, -0.05) is 48.5 Å². The fourth-order valence-electron chi connectivity index (χ4n) is 3.48. The number of aryl methyl sites for hydroxylation is 1. The molecule has 1 fully saturated rings. The Labute approximate surface area is 142 Å². The Balaban J connectivity index is 1.54. The highest BCUT2D eigenvalue weighted by Crippen LogP contribution is 2.40. The van der Waals surface area contributed by atoms with Gasteiger partial charge in [0.25, 0.3) is 0 Å². The maximum atomic E-state index is 12.7. The van der Waals surface area contributed by atoms with Gasteiger partial charge in [0.1, 0.15) is 6.54 Å². The van der Waals surface area contributed by atoms with Crippen LogP contribution in [0.15, 0.2) is 60.7 Å². The third-order valence-electron chi connectivity index (χ3n) is 4.89. The van der Waals surface area contributed by atoms with Gasteiger partial charge in [-0.15, -0.1) is 0 Å². The number of nitrogens with zero attached hydrogens (tertiary/aromatic N) is 1. The van der Waals surface area contributed by atoms with Gasteiger partial charge in [0.2, 0.25) is 5.91 Å². The number of amides is 1. The monoisotopic (exact) mass is 318 g/mol. The zero-order valence-electron chi connectivity index (χ0n) is 13.9. The Hall–Kier alpha value is -2.55. The van der Waals surface area contributed by atoms with Crippen LogP contribution in [-0.2, 0) is 11.3 Å². The molecule has 3 heteroatoms. The molecule has 3 nitrogen and oxygen atoms in total. The number of carbonyl (C=O) groups is 1. The lowest BCUT2D eigenvalue weighted by Crippen LogP contribution is -2.32. The summed E-state index contributed by atoms with van der Waals surface area (Å²) in [5.41, 5.74) is 3.45. The summed E-state index contributed by atoms with van der Waals surface area (Å²) in [5, 5.41) is 4.45. The predicted octanol–water partition coefficient (Wildman–Crippen LogP) is 4.22. The standard InChI is InChI=1S/C21H22N2O/c1-15-13-18-9-5-6-10-19(18)23(15)14-20(24)22-21(17-11-12-17)16-7-3-2-4-8-16/h2-10,13,17,21H,11-12,14H2,1H3,(H,22,24)/t21-/m1/s1. The fourth-order valence-corrected chi connectivity index (χ4v) is 3.48. The molecule has 122 valence electrons. The topological polar surface area (TPSA) is 34.0 Å². The van der Waals surface area contributed by atoms with Crippen LogP contribution in [-0.4, -0.2) is 10.5 Å². The third kappa shape index (κ3) is 2.94. The molecule has 1 saturated carbocycles. The van der Waals surface area contributed by atoms with Crippen LogP contribution in [0.5, 0.6) is 0 Å². The minimum absolute atomic E-state index is 0.0835. The van der Waals surface area contributed by atoms with Crippen molar-refractivity contribution in [3.8, 4) is 0 Å². The average Bonchev–Trinajstić information content (AvgIpc) is 3.39. The Bertz CT molecular complexity index is 862. The molecule has 0 bridgehead atoms. The number of para-hydroxylation sites is 1. The summed E-state index contributed by atoms with van der Waals surface area (Å²) in [6.07, 6.45) is 2.40. The van der Waals surface area contributed by atoms with Crippen molar-refractivity contribution in [1.29, 1.82) is 0 Å². The van der Waals surface area contributed by atoms with E-state index in [1.165, 1.54) is 23.8 Å². The SMILES string of the molecule is Cc1cc2ccccc2n1CC(=O)N[C@H](c1ccccc1)C1CC1. The Morgan fingerprint density at radius 2 is 1.83 bits per heavy atom. The molecule has 0 radical (unpaired) electrons. The predicted molar refractivity (Wildman–Crippen MR) is 96.7 cm³/mol. The van der Waals surface area contributed by atoms with Gasteiger partial charge < -0.3 is 9.88 Å². The zero-order valence-corrected chi connectivity index (χ0v) is 13.9. The molecule has 1 aromatic heterocycles. The van der Waals surface area contributed by atoms with E-state index in [4.69, 9.17) is 0 Å². The van der Waals surface area contributed by atoms with E-state index in [1.807, 2.05) is 30.3 Å². The first-order chi connectivity index (χ1) is 11.7. The van der Waals surface area contributed by atoms with Crippen LogP contribution < -0.4 is 5.32 Å². The Morgan fingerprint density at radius 3 is 2.58 bits per heavy atom. The third-order valence-corrected chi connectivity index (χ3v) is 4.89. The van der Waals surface area contributed by atoms with Crippen LogP contribution in [0.2, 0.25) is 0 Å². The molecule has 1 aliphatic carbocycles. The highest BCUT2D eigenvalue weighted by molar-refractivity contribution is 5.84. The molecule has 1 atom stereocenters. The molecule has 0 unspecified atom stereocenters. The van der Waals surface area contributed by atoms with Crippen LogP contribution in [0.25, 0.3) is 10.9 Å². The summed E-state index contributed by atoms with van der Waals surface area (Å²) < 4.78 is 2.10. The van der Waals surface area contributed by atoms with Gasteiger partial charge in [-0.25, -0.2) is 0 Å². The van der Waals surface area contributed by atoms with E-state index in [0.29, 0.717) is 12.5 Å². The number of nitrogens with one attached hydrogen (secondary N) is 1. The Morgan fingerprint density at radius 1 is 1.12 bits per heavy atom. The van der Waals surface area contributed by atoms with Crippen molar-refractivity contribution < 1.29 is 4.79 Å². The minimum Gasteiger partial charge on any atom is -0.347 e. The average molecular weight is 318 g/mol. The summed E-state index contributed by atoms with van der Waals surface area (Å²) in [5.74, 6) is 0.666. The van der Waals surface area contributed by atoms with Gasteiger partial charge in [0, 0.05) is 11.2 Å². The lowest BCUT2D eigenvalue weighted by molar-refractivity contribution is -0.122. The zero-order chi connectivity index (χ0) is 16.5. The van der Waals surface area contributed by atoms with Crippen molar-refractivity contribution >= 4 is 16.8 Å². The lowest BCUT2D eigenvalue weighted by atomic mass is 10.0. The summed E-state index contributed by atoms with van der Waals surface area (Å²) in [4.78, 5) is 12.7. The molecule has 0 spiro atoms. The highest BCUT2D eigenvalue weighted by Gasteiger charge is 2.33. The molecule has 1 aliphatic rings. The molecule has 0 aliphatic heterocycles. The van der Waals surface area contributed by atoms with E-state index >= 15 is 0 Å². The van der Waals surface area contributed by atoms with Gasteiger partial charge in [0.15, 0.2) is 0 Å². The van der Waals surface area contributed by atoms with E-state index in [-0.39, 0.29) is 11.9 Å². The quantitative estimate of drug-likeness (QED) is 0.751. The normalized spacial score (nSPS) is 15.4. The molecule has 1 N–H and O–H groups in total. The molecule has 2 aromatic carbocycles. The van der Waals surface area contributed by atoms with Crippen molar-refractivity contribution in [3.05, 3.63) is 71.9 Å². The fraction of sp³-hybridized carbons (Fsp3) is 0.286. The van der Waals surface area contributed by atoms with Gasteiger partial charge in [-0.3, -0.25) is 4.79 Å². The summed E-state index contributed by atoms with van der Waals surface area (Å²) in [6.45, 7) is 2.43. The van der Waals surface area contributed by atoms with E-state index in [2.05, 4.69) is 47.1 Å². The summed E-state index contributed by atoms with van der Waals surface area (Å²) in [6, 6.07) is 20.8. The minimum atomic E-state index is 0.0835. The number of benzene rings is 2. The second kappa shape index (κ2) is 6.16. The largest absolute Gasteiger partial charge is 0.347 e. The van der Waals surface area contributed by atoms with Crippen LogP contribution in [0.3, 0.4) is 0 Å². The van der Waals surface area contributed by atoms with E-state index < -0.39 is 0 Å². The molecule has 0 saturated heterocycles. The molecule has 4 rings (SSSR count). The molecule has 1 amide bonds. The van der Waals surface area contributed by atoms with Crippen molar-refractivity contribution in [2.24, 2.45) is 5.92 Å².